The lowest BCUT2D eigenvalue weighted by Gasteiger charge is -2.31. The highest BCUT2D eigenvalue weighted by molar-refractivity contribution is 5.76. The molecule has 144 valence electrons. The molecule has 2 aromatic rings. The summed E-state index contributed by atoms with van der Waals surface area (Å²) in [5.41, 5.74) is 3.78. The second-order valence-corrected chi connectivity index (χ2v) is 6.76. The van der Waals surface area contributed by atoms with Gasteiger partial charge in [-0.05, 0) is 48.6 Å². The van der Waals surface area contributed by atoms with E-state index in [2.05, 4.69) is 34.5 Å². The van der Waals surface area contributed by atoms with Crippen molar-refractivity contribution in [3.63, 3.8) is 0 Å². The number of rotatable bonds is 8. The highest BCUT2D eigenvalue weighted by Crippen LogP contribution is 2.28. The number of nitrogens with zero attached hydrogens (tertiary/aromatic N) is 1. The molecule has 0 unspecified atom stereocenters. The van der Waals surface area contributed by atoms with E-state index >= 15 is 0 Å². The molecule has 27 heavy (non-hydrogen) atoms. The monoisotopic (exact) mass is 368 g/mol. The zero-order valence-electron chi connectivity index (χ0n) is 16.2. The predicted molar refractivity (Wildman–Crippen MR) is 108 cm³/mol. The first-order chi connectivity index (χ1) is 13.2. The maximum absolute atomic E-state index is 12.2. The Labute approximate surface area is 161 Å². The third-order valence-corrected chi connectivity index (χ3v) is 5.00. The van der Waals surface area contributed by atoms with Crippen LogP contribution in [0.4, 0.5) is 5.69 Å². The second kappa shape index (κ2) is 9.31. The minimum absolute atomic E-state index is 0.0959. The minimum atomic E-state index is 0.0959. The third-order valence-electron chi connectivity index (χ3n) is 5.00. The maximum Gasteiger partial charge on any atom is 0.221 e. The van der Waals surface area contributed by atoms with Crippen LogP contribution >= 0.6 is 0 Å². The van der Waals surface area contributed by atoms with Crippen molar-refractivity contribution in [1.29, 1.82) is 0 Å². The van der Waals surface area contributed by atoms with Crippen molar-refractivity contribution in [3.8, 4) is 11.5 Å². The summed E-state index contributed by atoms with van der Waals surface area (Å²) in [6.45, 7) is 2.40. The van der Waals surface area contributed by atoms with Gasteiger partial charge in [-0.3, -0.25) is 4.79 Å². The summed E-state index contributed by atoms with van der Waals surface area (Å²) in [4.78, 5) is 14.6. The number of para-hydroxylation sites is 1. The van der Waals surface area contributed by atoms with Gasteiger partial charge in [0, 0.05) is 31.7 Å². The Balaban J connectivity index is 1.44. The first-order valence-electron chi connectivity index (χ1n) is 9.51. The maximum atomic E-state index is 12.2. The number of benzene rings is 2. The molecule has 1 aliphatic rings. The second-order valence-electron chi connectivity index (χ2n) is 6.76. The van der Waals surface area contributed by atoms with Gasteiger partial charge >= 0.3 is 0 Å². The predicted octanol–water partition coefficient (Wildman–Crippen LogP) is 3.21. The average Bonchev–Trinajstić information content (AvgIpc) is 2.72. The van der Waals surface area contributed by atoms with Crippen LogP contribution in [-0.4, -0.2) is 39.8 Å². The molecule has 0 atom stereocenters. The smallest absolute Gasteiger partial charge is 0.221 e. The lowest BCUT2D eigenvalue weighted by atomic mass is 10.0. The number of hydrogen-bond donors (Lipinski definition) is 1. The molecule has 0 radical (unpaired) electrons. The molecule has 0 bridgehead atoms. The quantitative estimate of drug-likeness (QED) is 0.777. The van der Waals surface area contributed by atoms with Crippen molar-refractivity contribution in [1.82, 2.24) is 5.32 Å². The lowest BCUT2D eigenvalue weighted by Crippen LogP contribution is -2.34. The van der Waals surface area contributed by atoms with Gasteiger partial charge in [0.05, 0.1) is 14.2 Å². The molecular formula is C22H28N2O3. The van der Waals surface area contributed by atoms with Crippen LogP contribution in [0, 0.1) is 0 Å². The fourth-order valence-electron chi connectivity index (χ4n) is 3.55. The molecule has 0 spiro atoms. The molecule has 5 heteroatoms. The number of carbonyl (C=O) groups excluding carboxylic acids is 1. The van der Waals surface area contributed by atoms with Gasteiger partial charge in [0.15, 0.2) is 11.5 Å². The van der Waals surface area contributed by atoms with Crippen molar-refractivity contribution in [2.75, 3.05) is 38.8 Å². The third kappa shape index (κ3) is 4.94. The Morgan fingerprint density at radius 3 is 2.74 bits per heavy atom. The van der Waals surface area contributed by atoms with Crippen molar-refractivity contribution in [2.24, 2.45) is 0 Å². The van der Waals surface area contributed by atoms with Gasteiger partial charge in [0.1, 0.15) is 0 Å². The van der Waals surface area contributed by atoms with Gasteiger partial charge in [-0.15, -0.1) is 0 Å². The molecule has 5 nitrogen and oxygen atoms in total. The Hall–Kier alpha value is -2.69. The van der Waals surface area contributed by atoms with E-state index in [4.69, 9.17) is 9.47 Å². The van der Waals surface area contributed by atoms with Crippen LogP contribution in [0.15, 0.2) is 42.5 Å². The largest absolute Gasteiger partial charge is 0.493 e. The molecule has 0 fully saturated rings. The van der Waals surface area contributed by atoms with Crippen molar-refractivity contribution in [2.45, 2.75) is 25.7 Å². The van der Waals surface area contributed by atoms with Crippen LogP contribution in [0.3, 0.4) is 0 Å². The summed E-state index contributed by atoms with van der Waals surface area (Å²) >= 11 is 0. The van der Waals surface area contributed by atoms with Gasteiger partial charge in [0.2, 0.25) is 5.91 Å². The van der Waals surface area contributed by atoms with Crippen LogP contribution < -0.4 is 19.7 Å². The summed E-state index contributed by atoms with van der Waals surface area (Å²) in [7, 11) is 3.25. The molecule has 0 aliphatic carbocycles. The van der Waals surface area contributed by atoms with Gasteiger partial charge in [0.25, 0.3) is 0 Å². The topological polar surface area (TPSA) is 50.8 Å². The van der Waals surface area contributed by atoms with Gasteiger partial charge in [-0.2, -0.15) is 0 Å². The van der Waals surface area contributed by atoms with Crippen molar-refractivity contribution >= 4 is 11.6 Å². The molecule has 0 saturated heterocycles. The summed E-state index contributed by atoms with van der Waals surface area (Å²) in [5.74, 6) is 1.52. The molecule has 1 amide bonds. The first-order valence-corrected chi connectivity index (χ1v) is 9.51. The molecule has 1 N–H and O–H groups in total. The van der Waals surface area contributed by atoms with E-state index in [0.717, 1.165) is 37.9 Å². The number of fused-ring (bicyclic) bond motifs is 1. The Morgan fingerprint density at radius 1 is 1.11 bits per heavy atom. The van der Waals surface area contributed by atoms with Gasteiger partial charge < -0.3 is 19.7 Å². The number of anilines is 1. The summed E-state index contributed by atoms with van der Waals surface area (Å²) in [5, 5.41) is 3.02. The average molecular weight is 368 g/mol. The summed E-state index contributed by atoms with van der Waals surface area (Å²) in [6, 6.07) is 14.3. The normalized spacial score (nSPS) is 13.0. The molecule has 1 aliphatic heterocycles. The number of ether oxygens (including phenoxy) is 2. The van der Waals surface area contributed by atoms with Crippen molar-refractivity contribution in [3.05, 3.63) is 53.6 Å². The van der Waals surface area contributed by atoms with E-state index < -0.39 is 0 Å². The number of aryl methyl sites for hydroxylation is 1. The Morgan fingerprint density at radius 2 is 1.93 bits per heavy atom. The van der Waals surface area contributed by atoms with Crippen LogP contribution in [0.5, 0.6) is 11.5 Å². The van der Waals surface area contributed by atoms with Crippen LogP contribution in [0.1, 0.15) is 24.0 Å². The zero-order chi connectivity index (χ0) is 19.1. The van der Waals surface area contributed by atoms with E-state index in [1.54, 1.807) is 14.2 Å². The standard InChI is InChI=1S/C22H28N2O3/c1-26-20-10-9-17(16-21(20)27-2)11-13-23-22(25)12-15-24-14-5-7-18-6-3-4-8-19(18)24/h3-4,6,8-10,16H,5,7,11-15H2,1-2H3,(H,23,25). The van der Waals surface area contributed by atoms with Gasteiger partial charge in [-0.25, -0.2) is 0 Å². The molecule has 3 rings (SSSR count). The number of methoxy groups -OCH3 is 2. The molecule has 1 heterocycles. The first kappa shape index (κ1) is 19.1. The molecule has 0 saturated carbocycles. The van der Waals surface area contributed by atoms with E-state index in [9.17, 15) is 4.79 Å². The van der Waals surface area contributed by atoms with Crippen molar-refractivity contribution < 1.29 is 14.3 Å². The fraction of sp³-hybridized carbons (Fsp3) is 0.409. The number of amides is 1. The number of hydrogen-bond acceptors (Lipinski definition) is 4. The van der Waals surface area contributed by atoms with Crippen LogP contribution in [0.2, 0.25) is 0 Å². The Kier molecular flexibility index (Phi) is 6.58. The summed E-state index contributed by atoms with van der Waals surface area (Å²) in [6.07, 6.45) is 3.56. The number of nitrogens with one attached hydrogen (secondary N) is 1. The van der Waals surface area contributed by atoms with Gasteiger partial charge in [-0.1, -0.05) is 24.3 Å². The molecule has 0 aromatic heterocycles. The molecule has 2 aromatic carbocycles. The van der Waals surface area contributed by atoms with E-state index in [-0.39, 0.29) is 5.91 Å². The van der Waals surface area contributed by atoms with Crippen LogP contribution in [-0.2, 0) is 17.6 Å². The minimum Gasteiger partial charge on any atom is -0.493 e. The van der Waals surface area contributed by atoms with E-state index in [0.29, 0.717) is 24.5 Å². The van der Waals surface area contributed by atoms with E-state index in [1.165, 1.54) is 11.3 Å². The fourth-order valence-corrected chi connectivity index (χ4v) is 3.55. The summed E-state index contributed by atoms with van der Waals surface area (Å²) < 4.78 is 10.6. The highest BCUT2D eigenvalue weighted by Gasteiger charge is 2.16. The van der Waals surface area contributed by atoms with E-state index in [1.807, 2.05) is 18.2 Å². The highest BCUT2D eigenvalue weighted by atomic mass is 16.5. The molecular weight excluding hydrogens is 340 g/mol. The number of carbonyl (C=O) groups is 1. The lowest BCUT2D eigenvalue weighted by molar-refractivity contribution is -0.120. The SMILES string of the molecule is COc1ccc(CCNC(=O)CCN2CCCc3ccccc32)cc1OC. The zero-order valence-corrected chi connectivity index (χ0v) is 16.2. The van der Waals surface area contributed by atoms with Crippen LogP contribution in [0.25, 0.3) is 0 Å². The Bertz CT molecular complexity index is 776.